The lowest BCUT2D eigenvalue weighted by atomic mass is 9.84. The monoisotopic (exact) mass is 476 g/mol. The van der Waals surface area contributed by atoms with Crippen molar-refractivity contribution < 1.29 is 23.8 Å². The maximum atomic E-state index is 13.1. The Morgan fingerprint density at radius 1 is 0.794 bits per heavy atom. The minimum atomic E-state index is -1.26. The van der Waals surface area contributed by atoms with Crippen LogP contribution >= 0.6 is 11.6 Å². The molecule has 5 aromatic rings. The van der Waals surface area contributed by atoms with Crippen LogP contribution in [-0.4, -0.2) is 17.3 Å². The molecule has 0 unspecified atom stereocenters. The van der Waals surface area contributed by atoms with E-state index in [2.05, 4.69) is 0 Å². The number of aromatic hydroxyl groups is 2. The second-order valence-corrected chi connectivity index (χ2v) is 8.03. The summed E-state index contributed by atoms with van der Waals surface area (Å²) in [4.78, 5) is 26.3. The van der Waals surface area contributed by atoms with Gasteiger partial charge in [0, 0.05) is 0 Å². The number of para-hydroxylation sites is 2. The molecule has 5 rings (SSSR count). The topological polar surface area (TPSA) is 110 Å². The lowest BCUT2D eigenvalue weighted by Gasteiger charge is -2.20. The van der Waals surface area contributed by atoms with Gasteiger partial charge in [0.1, 0.15) is 28.4 Å². The number of ether oxygens (including phenoxy) is 1. The average molecular weight is 477 g/mol. The first-order valence-electron chi connectivity index (χ1n) is 10.2. The highest BCUT2D eigenvalue weighted by Crippen LogP contribution is 2.43. The molecule has 0 spiro atoms. The van der Waals surface area contributed by atoms with Gasteiger partial charge in [-0.1, -0.05) is 41.9 Å². The maximum Gasteiger partial charge on any atom is 0.344 e. The fourth-order valence-electron chi connectivity index (χ4n) is 4.14. The van der Waals surface area contributed by atoms with Crippen molar-refractivity contribution in [1.29, 1.82) is 0 Å². The third kappa shape index (κ3) is 3.38. The smallest absolute Gasteiger partial charge is 0.344 e. The Bertz CT molecular complexity index is 1580. The highest BCUT2D eigenvalue weighted by atomic mass is 35.5. The van der Waals surface area contributed by atoms with Crippen LogP contribution in [0.5, 0.6) is 17.2 Å². The molecule has 0 aliphatic heterocycles. The molecule has 3 aromatic carbocycles. The fourth-order valence-corrected chi connectivity index (χ4v) is 4.41. The molecule has 170 valence electrons. The molecular weight excluding hydrogens is 460 g/mol. The van der Waals surface area contributed by atoms with Gasteiger partial charge in [-0.2, -0.15) is 0 Å². The van der Waals surface area contributed by atoms with Crippen molar-refractivity contribution in [3.8, 4) is 17.2 Å². The predicted molar refractivity (Wildman–Crippen MR) is 127 cm³/mol. The highest BCUT2D eigenvalue weighted by molar-refractivity contribution is 6.32. The van der Waals surface area contributed by atoms with E-state index < -0.39 is 17.2 Å². The molecule has 8 heteroatoms. The fraction of sp³-hybridized carbons (Fsp3) is 0.0769. The average Bonchev–Trinajstić information content (AvgIpc) is 2.83. The first-order valence-corrected chi connectivity index (χ1v) is 10.6. The SMILES string of the molecule is COc1ccc(C(c2c(O)c3ccccc3oc2=O)c2c(O)c3ccccc3oc2=O)cc1Cl. The van der Waals surface area contributed by atoms with Crippen LogP contribution in [0.25, 0.3) is 21.9 Å². The molecule has 0 bridgehead atoms. The van der Waals surface area contributed by atoms with Crippen molar-refractivity contribution in [1.82, 2.24) is 0 Å². The Morgan fingerprint density at radius 3 is 1.76 bits per heavy atom. The lowest BCUT2D eigenvalue weighted by molar-refractivity contribution is 0.414. The summed E-state index contributed by atoms with van der Waals surface area (Å²) in [7, 11) is 1.45. The van der Waals surface area contributed by atoms with Gasteiger partial charge in [-0.05, 0) is 42.0 Å². The molecule has 0 saturated heterocycles. The molecule has 2 heterocycles. The maximum absolute atomic E-state index is 13.1. The van der Waals surface area contributed by atoms with E-state index in [-0.39, 0.29) is 49.6 Å². The van der Waals surface area contributed by atoms with Gasteiger partial charge in [0.2, 0.25) is 0 Å². The summed E-state index contributed by atoms with van der Waals surface area (Å²) in [6, 6.07) is 17.6. The number of halogens is 1. The standard InChI is InChI=1S/C26H17ClO7/c1-32-19-11-10-13(12-16(19)27)20(21-23(28)14-6-2-4-8-17(14)33-25(21)30)22-24(29)15-7-3-5-9-18(15)34-26(22)31/h2-12,20,28-29H,1H3. The summed E-state index contributed by atoms with van der Waals surface area (Å²) in [5.41, 5.74) is -1.54. The van der Waals surface area contributed by atoms with E-state index in [1.165, 1.54) is 13.2 Å². The summed E-state index contributed by atoms with van der Waals surface area (Å²) in [5, 5.41) is 23.1. The Morgan fingerprint density at radius 2 is 1.29 bits per heavy atom. The van der Waals surface area contributed by atoms with E-state index in [1.54, 1.807) is 60.7 Å². The second-order valence-electron chi connectivity index (χ2n) is 7.62. The normalized spacial score (nSPS) is 11.4. The molecule has 0 saturated carbocycles. The summed E-state index contributed by atoms with van der Waals surface area (Å²) >= 11 is 6.34. The Labute approximate surface area is 197 Å². The van der Waals surface area contributed by atoms with Gasteiger partial charge in [-0.15, -0.1) is 0 Å². The van der Waals surface area contributed by atoms with Crippen molar-refractivity contribution in [3.05, 3.63) is 109 Å². The summed E-state index contributed by atoms with van der Waals surface area (Å²) in [5.74, 6) is -1.65. The molecule has 0 fully saturated rings. The van der Waals surface area contributed by atoms with Crippen LogP contribution in [0.2, 0.25) is 5.02 Å². The summed E-state index contributed by atoms with van der Waals surface area (Å²) < 4.78 is 16.1. The van der Waals surface area contributed by atoms with Crippen molar-refractivity contribution in [2.75, 3.05) is 7.11 Å². The van der Waals surface area contributed by atoms with Crippen LogP contribution in [-0.2, 0) is 0 Å². The van der Waals surface area contributed by atoms with Crippen molar-refractivity contribution in [2.24, 2.45) is 0 Å². The van der Waals surface area contributed by atoms with E-state index in [0.29, 0.717) is 11.3 Å². The molecule has 7 nitrogen and oxygen atoms in total. The minimum absolute atomic E-state index is 0.176. The van der Waals surface area contributed by atoms with Gasteiger partial charge >= 0.3 is 11.3 Å². The van der Waals surface area contributed by atoms with Crippen molar-refractivity contribution in [2.45, 2.75) is 5.92 Å². The minimum Gasteiger partial charge on any atom is -0.507 e. The van der Waals surface area contributed by atoms with Gasteiger partial charge in [-0.25, -0.2) is 9.59 Å². The van der Waals surface area contributed by atoms with E-state index in [4.69, 9.17) is 25.2 Å². The highest BCUT2D eigenvalue weighted by Gasteiger charge is 2.32. The Hall–Kier alpha value is -4.23. The first-order chi connectivity index (χ1) is 16.4. The molecule has 0 aliphatic carbocycles. The molecule has 34 heavy (non-hydrogen) atoms. The third-order valence-electron chi connectivity index (χ3n) is 5.73. The van der Waals surface area contributed by atoms with Gasteiger partial charge in [0.05, 0.1) is 39.9 Å². The van der Waals surface area contributed by atoms with Gasteiger partial charge in [0.25, 0.3) is 0 Å². The molecular formula is C26H17ClO7. The van der Waals surface area contributed by atoms with Gasteiger partial charge in [-0.3, -0.25) is 0 Å². The van der Waals surface area contributed by atoms with E-state index >= 15 is 0 Å². The van der Waals surface area contributed by atoms with E-state index in [0.717, 1.165) is 0 Å². The zero-order valence-electron chi connectivity index (χ0n) is 17.7. The lowest BCUT2D eigenvalue weighted by Crippen LogP contribution is -2.21. The van der Waals surface area contributed by atoms with Crippen LogP contribution < -0.4 is 16.0 Å². The second kappa shape index (κ2) is 8.28. The molecule has 2 N–H and O–H groups in total. The number of fused-ring (bicyclic) bond motifs is 2. The molecule has 0 aliphatic rings. The number of rotatable bonds is 4. The quantitative estimate of drug-likeness (QED) is 0.345. The molecule has 0 amide bonds. The zero-order chi connectivity index (χ0) is 24.0. The van der Waals surface area contributed by atoms with Crippen LogP contribution in [0.4, 0.5) is 0 Å². The van der Waals surface area contributed by atoms with Gasteiger partial charge in [0.15, 0.2) is 0 Å². The van der Waals surface area contributed by atoms with E-state index in [1.807, 2.05) is 0 Å². The molecule has 0 radical (unpaired) electrons. The number of benzene rings is 3. The van der Waals surface area contributed by atoms with Crippen LogP contribution in [0.1, 0.15) is 22.6 Å². The first kappa shape index (κ1) is 21.6. The molecule has 0 atom stereocenters. The summed E-state index contributed by atoms with van der Waals surface area (Å²) in [6.45, 7) is 0. The number of hydrogen-bond acceptors (Lipinski definition) is 7. The van der Waals surface area contributed by atoms with Crippen molar-refractivity contribution in [3.63, 3.8) is 0 Å². The predicted octanol–water partition coefficient (Wildman–Crippen LogP) is 5.15. The summed E-state index contributed by atoms with van der Waals surface area (Å²) in [6.07, 6.45) is 0. The largest absolute Gasteiger partial charge is 0.507 e. The Kier molecular flexibility index (Phi) is 5.26. The van der Waals surface area contributed by atoms with Crippen LogP contribution in [0.15, 0.2) is 85.2 Å². The zero-order valence-corrected chi connectivity index (χ0v) is 18.5. The third-order valence-corrected chi connectivity index (χ3v) is 6.02. The van der Waals surface area contributed by atoms with Crippen LogP contribution in [0, 0.1) is 0 Å². The number of hydrogen-bond donors (Lipinski definition) is 2. The van der Waals surface area contributed by atoms with E-state index in [9.17, 15) is 19.8 Å². The van der Waals surface area contributed by atoms with Crippen LogP contribution in [0.3, 0.4) is 0 Å². The van der Waals surface area contributed by atoms with Crippen molar-refractivity contribution >= 4 is 33.5 Å². The Balaban J connectivity index is 1.91. The van der Waals surface area contributed by atoms with Gasteiger partial charge < -0.3 is 23.8 Å². The molecule has 2 aromatic heterocycles. The number of methoxy groups -OCH3 is 1.